The first-order valence-electron chi connectivity index (χ1n) is 4.35. The Morgan fingerprint density at radius 1 is 1.36 bits per heavy atom. The molecule has 76 valence electrons. The summed E-state index contributed by atoms with van der Waals surface area (Å²) in [7, 11) is 0. The van der Waals surface area contributed by atoms with E-state index in [1.165, 1.54) is 12.1 Å². The summed E-state index contributed by atoms with van der Waals surface area (Å²) in [5.74, 6) is -0.952. The van der Waals surface area contributed by atoms with Gasteiger partial charge in [-0.15, -0.1) is 0 Å². The Bertz CT molecular complexity index is 308. The summed E-state index contributed by atoms with van der Waals surface area (Å²) in [5.41, 5.74) is 6.80. The fourth-order valence-corrected chi connectivity index (χ4v) is 1.18. The number of aliphatic hydroxyl groups excluding tert-OH is 1. The predicted octanol–water partition coefficient (Wildman–Crippen LogP) is 0.767. The van der Waals surface area contributed by atoms with Crippen molar-refractivity contribution in [2.24, 2.45) is 5.73 Å². The number of carbonyl (C=O) groups is 1. The standard InChI is InChI=1S/C10H13NO3/c11-9(5-6-12)7-1-3-8(4-2-7)10(13)14/h1-4,9,12H,5-6,11H2,(H,13,14)/t9-/m1/s1. The second-order valence-corrected chi connectivity index (χ2v) is 3.05. The van der Waals surface area contributed by atoms with Crippen LogP contribution in [0.1, 0.15) is 28.4 Å². The van der Waals surface area contributed by atoms with Crippen molar-refractivity contribution >= 4 is 5.97 Å². The summed E-state index contributed by atoms with van der Waals surface area (Å²) >= 11 is 0. The lowest BCUT2D eigenvalue weighted by atomic mass is 10.0. The number of aliphatic hydroxyl groups is 1. The molecule has 0 heterocycles. The molecule has 0 aliphatic carbocycles. The maximum atomic E-state index is 10.5. The van der Waals surface area contributed by atoms with E-state index in [0.717, 1.165) is 5.56 Å². The van der Waals surface area contributed by atoms with Gasteiger partial charge >= 0.3 is 5.97 Å². The lowest BCUT2D eigenvalue weighted by Gasteiger charge is -2.09. The second-order valence-electron chi connectivity index (χ2n) is 3.05. The molecular formula is C10H13NO3. The van der Waals surface area contributed by atoms with Gasteiger partial charge in [-0.25, -0.2) is 4.79 Å². The molecule has 0 unspecified atom stereocenters. The molecule has 0 fully saturated rings. The van der Waals surface area contributed by atoms with Gasteiger partial charge in [0.1, 0.15) is 0 Å². The van der Waals surface area contributed by atoms with E-state index in [2.05, 4.69) is 0 Å². The molecule has 0 aliphatic rings. The molecule has 1 aromatic rings. The second kappa shape index (κ2) is 4.74. The molecule has 1 aromatic carbocycles. The van der Waals surface area contributed by atoms with E-state index in [9.17, 15) is 4.79 Å². The molecule has 0 radical (unpaired) electrons. The van der Waals surface area contributed by atoms with E-state index < -0.39 is 5.97 Å². The summed E-state index contributed by atoms with van der Waals surface area (Å²) in [6, 6.07) is 6.13. The monoisotopic (exact) mass is 195 g/mol. The van der Waals surface area contributed by atoms with Crippen LogP contribution in [0.5, 0.6) is 0 Å². The molecule has 0 amide bonds. The highest BCUT2D eigenvalue weighted by atomic mass is 16.4. The summed E-state index contributed by atoms with van der Waals surface area (Å²) in [6.07, 6.45) is 0.479. The maximum Gasteiger partial charge on any atom is 0.335 e. The number of aromatic carboxylic acids is 1. The fourth-order valence-electron chi connectivity index (χ4n) is 1.18. The quantitative estimate of drug-likeness (QED) is 0.662. The zero-order chi connectivity index (χ0) is 10.6. The lowest BCUT2D eigenvalue weighted by molar-refractivity contribution is 0.0697. The van der Waals surface area contributed by atoms with Crippen molar-refractivity contribution in [3.8, 4) is 0 Å². The first kappa shape index (κ1) is 10.7. The molecule has 1 rings (SSSR count). The van der Waals surface area contributed by atoms with E-state index in [0.29, 0.717) is 6.42 Å². The van der Waals surface area contributed by atoms with E-state index >= 15 is 0 Å². The van der Waals surface area contributed by atoms with E-state index in [4.69, 9.17) is 15.9 Å². The Morgan fingerprint density at radius 3 is 2.36 bits per heavy atom. The average molecular weight is 195 g/mol. The van der Waals surface area contributed by atoms with Crippen molar-refractivity contribution < 1.29 is 15.0 Å². The predicted molar refractivity (Wildman–Crippen MR) is 52.0 cm³/mol. The molecule has 0 bridgehead atoms. The van der Waals surface area contributed by atoms with Crippen LogP contribution < -0.4 is 5.73 Å². The maximum absolute atomic E-state index is 10.5. The van der Waals surface area contributed by atoms with E-state index in [1.54, 1.807) is 12.1 Å². The van der Waals surface area contributed by atoms with Crippen LogP contribution in [-0.2, 0) is 0 Å². The number of carboxylic acid groups (broad SMARTS) is 1. The molecule has 0 aromatic heterocycles. The van der Waals surface area contributed by atoms with Crippen LogP contribution in [0.4, 0.5) is 0 Å². The van der Waals surface area contributed by atoms with Gasteiger partial charge in [0, 0.05) is 12.6 Å². The minimum atomic E-state index is -0.952. The highest BCUT2D eigenvalue weighted by Gasteiger charge is 2.06. The van der Waals surface area contributed by atoms with Gasteiger partial charge in [0.25, 0.3) is 0 Å². The van der Waals surface area contributed by atoms with Gasteiger partial charge < -0.3 is 15.9 Å². The van der Waals surface area contributed by atoms with Crippen molar-refractivity contribution in [1.29, 1.82) is 0 Å². The third-order valence-electron chi connectivity index (χ3n) is 2.03. The van der Waals surface area contributed by atoms with Gasteiger partial charge in [0.2, 0.25) is 0 Å². The lowest BCUT2D eigenvalue weighted by Crippen LogP contribution is -2.12. The Hall–Kier alpha value is -1.39. The SMILES string of the molecule is N[C@H](CCO)c1ccc(C(=O)O)cc1. The highest BCUT2D eigenvalue weighted by Crippen LogP contribution is 2.14. The Morgan fingerprint density at radius 2 is 1.93 bits per heavy atom. The number of rotatable bonds is 4. The fraction of sp³-hybridized carbons (Fsp3) is 0.300. The van der Waals surface area contributed by atoms with Crippen molar-refractivity contribution in [2.45, 2.75) is 12.5 Å². The molecular weight excluding hydrogens is 182 g/mol. The summed E-state index contributed by atoms with van der Waals surface area (Å²) < 4.78 is 0. The average Bonchev–Trinajstić information content (AvgIpc) is 2.18. The third kappa shape index (κ3) is 2.55. The van der Waals surface area contributed by atoms with Crippen LogP contribution in [0, 0.1) is 0 Å². The smallest absolute Gasteiger partial charge is 0.335 e. The third-order valence-corrected chi connectivity index (χ3v) is 2.03. The van der Waals surface area contributed by atoms with Gasteiger partial charge in [-0.3, -0.25) is 0 Å². The molecule has 0 spiro atoms. The molecule has 1 atom stereocenters. The number of hydrogen-bond donors (Lipinski definition) is 3. The van der Waals surface area contributed by atoms with Crippen molar-refractivity contribution in [3.05, 3.63) is 35.4 Å². The van der Waals surface area contributed by atoms with Crippen molar-refractivity contribution in [1.82, 2.24) is 0 Å². The van der Waals surface area contributed by atoms with Gasteiger partial charge in [0.05, 0.1) is 5.56 Å². The zero-order valence-electron chi connectivity index (χ0n) is 7.68. The topological polar surface area (TPSA) is 83.5 Å². The van der Waals surface area contributed by atoms with Gasteiger partial charge in [-0.1, -0.05) is 12.1 Å². The first-order chi connectivity index (χ1) is 6.65. The number of carboxylic acids is 1. The van der Waals surface area contributed by atoms with E-state index in [1.807, 2.05) is 0 Å². The Kier molecular flexibility index (Phi) is 3.62. The van der Waals surface area contributed by atoms with Crippen LogP contribution in [-0.4, -0.2) is 22.8 Å². The first-order valence-corrected chi connectivity index (χ1v) is 4.35. The summed E-state index contributed by atoms with van der Waals surface area (Å²) in [4.78, 5) is 10.5. The molecule has 0 saturated heterocycles. The number of benzene rings is 1. The normalized spacial score (nSPS) is 12.4. The zero-order valence-corrected chi connectivity index (χ0v) is 7.68. The number of hydrogen-bond acceptors (Lipinski definition) is 3. The minimum Gasteiger partial charge on any atom is -0.478 e. The molecule has 0 aliphatic heterocycles. The van der Waals surface area contributed by atoms with E-state index in [-0.39, 0.29) is 18.2 Å². The Labute approximate surface area is 82.0 Å². The van der Waals surface area contributed by atoms with Gasteiger partial charge in [-0.05, 0) is 24.1 Å². The van der Waals surface area contributed by atoms with Crippen LogP contribution >= 0.6 is 0 Å². The van der Waals surface area contributed by atoms with Crippen LogP contribution in [0.2, 0.25) is 0 Å². The summed E-state index contributed by atoms with van der Waals surface area (Å²) in [5, 5.41) is 17.3. The van der Waals surface area contributed by atoms with Gasteiger partial charge in [-0.2, -0.15) is 0 Å². The molecule has 4 nitrogen and oxygen atoms in total. The molecule has 4 heteroatoms. The van der Waals surface area contributed by atoms with Crippen LogP contribution in [0.25, 0.3) is 0 Å². The molecule has 14 heavy (non-hydrogen) atoms. The molecule has 0 saturated carbocycles. The number of nitrogens with two attached hydrogens (primary N) is 1. The van der Waals surface area contributed by atoms with Crippen LogP contribution in [0.3, 0.4) is 0 Å². The minimum absolute atomic E-state index is 0.0296. The van der Waals surface area contributed by atoms with Crippen molar-refractivity contribution in [3.63, 3.8) is 0 Å². The van der Waals surface area contributed by atoms with Crippen molar-refractivity contribution in [2.75, 3.05) is 6.61 Å². The largest absolute Gasteiger partial charge is 0.478 e. The Balaban J connectivity index is 2.77. The molecule has 4 N–H and O–H groups in total. The summed E-state index contributed by atoms with van der Waals surface area (Å²) in [6.45, 7) is 0.0296. The van der Waals surface area contributed by atoms with Gasteiger partial charge in [0.15, 0.2) is 0 Å². The van der Waals surface area contributed by atoms with Crippen LogP contribution in [0.15, 0.2) is 24.3 Å². The highest BCUT2D eigenvalue weighted by molar-refractivity contribution is 5.87.